The zero-order valence-electron chi connectivity index (χ0n) is 12.1. The average molecular weight is 302 g/mol. The molecule has 1 saturated heterocycles. The molecular weight excluding hydrogens is 283 g/mol. The van der Waals surface area contributed by atoms with E-state index in [0.29, 0.717) is 0 Å². The molecule has 3 rings (SSSR count). The molecule has 0 atom stereocenters. The molecule has 1 aliphatic heterocycles. The number of para-hydroxylation sites is 2. The maximum Gasteiger partial charge on any atom is 0.396 e. The predicted octanol–water partition coefficient (Wildman–Crippen LogP) is 4.16. The fourth-order valence-electron chi connectivity index (χ4n) is 2.70. The molecule has 5 heteroatoms. The fourth-order valence-corrected chi connectivity index (χ4v) is 4.99. The van der Waals surface area contributed by atoms with E-state index in [-0.39, 0.29) is 0 Å². The molecule has 110 valence electrons. The maximum absolute atomic E-state index is 13.5. The quantitative estimate of drug-likeness (QED) is 0.797. The van der Waals surface area contributed by atoms with Gasteiger partial charge in [0.15, 0.2) is 0 Å². The summed E-state index contributed by atoms with van der Waals surface area (Å²) in [6.45, 7) is 1.47. The van der Waals surface area contributed by atoms with Crippen molar-refractivity contribution < 1.29 is 9.09 Å². The third kappa shape index (κ3) is 2.57. The number of rotatable bonds is 3. The first kappa shape index (κ1) is 14.2. The number of nitrogens with zero attached hydrogens (tertiary/aromatic N) is 2. The van der Waals surface area contributed by atoms with Crippen LogP contribution in [0.3, 0.4) is 0 Å². The van der Waals surface area contributed by atoms with Crippen molar-refractivity contribution in [2.45, 2.75) is 6.42 Å². The van der Waals surface area contributed by atoms with Gasteiger partial charge < -0.3 is 4.52 Å². The lowest BCUT2D eigenvalue weighted by Crippen LogP contribution is -2.40. The van der Waals surface area contributed by atoms with Gasteiger partial charge in [-0.2, -0.15) is 0 Å². The molecule has 2 aromatic carbocycles. The van der Waals surface area contributed by atoms with Crippen LogP contribution in [0.25, 0.3) is 0 Å². The standard InChI is InChI=1S/C16H19N2O2P/c1-20-21(19)17(15-9-4-2-5-10-15)13-8-14-18(21)16-11-6-3-7-12-16/h2-7,9-12H,8,13-14H2,1H3. The molecule has 0 saturated carbocycles. The van der Waals surface area contributed by atoms with Crippen molar-refractivity contribution in [3.63, 3.8) is 0 Å². The summed E-state index contributed by atoms with van der Waals surface area (Å²) in [4.78, 5) is 0. The van der Waals surface area contributed by atoms with Gasteiger partial charge in [-0.05, 0) is 30.7 Å². The zero-order chi connectivity index (χ0) is 14.7. The van der Waals surface area contributed by atoms with E-state index >= 15 is 0 Å². The summed E-state index contributed by atoms with van der Waals surface area (Å²) in [5.41, 5.74) is 1.87. The lowest BCUT2D eigenvalue weighted by atomic mass is 10.3. The molecule has 0 radical (unpaired) electrons. The summed E-state index contributed by atoms with van der Waals surface area (Å²) >= 11 is 0. The van der Waals surface area contributed by atoms with Crippen LogP contribution in [0.4, 0.5) is 11.4 Å². The molecule has 0 bridgehead atoms. The molecule has 1 heterocycles. The van der Waals surface area contributed by atoms with Crippen LogP contribution < -0.4 is 9.34 Å². The zero-order valence-corrected chi connectivity index (χ0v) is 12.9. The Morgan fingerprint density at radius 2 is 1.29 bits per heavy atom. The number of hydrogen-bond acceptors (Lipinski definition) is 2. The van der Waals surface area contributed by atoms with Gasteiger partial charge in [-0.1, -0.05) is 36.4 Å². The smallest absolute Gasteiger partial charge is 0.301 e. The van der Waals surface area contributed by atoms with E-state index in [1.807, 2.05) is 70.0 Å². The first-order valence-electron chi connectivity index (χ1n) is 7.07. The van der Waals surface area contributed by atoms with Gasteiger partial charge in [-0.3, -0.25) is 9.34 Å². The summed E-state index contributed by atoms with van der Waals surface area (Å²) in [6.07, 6.45) is 0.942. The third-order valence-corrected chi connectivity index (χ3v) is 6.25. The van der Waals surface area contributed by atoms with Gasteiger partial charge >= 0.3 is 7.67 Å². The molecule has 0 N–H and O–H groups in total. The normalized spacial score (nSPS) is 17.8. The minimum Gasteiger partial charge on any atom is -0.301 e. The fraction of sp³-hybridized carbons (Fsp3) is 0.250. The van der Waals surface area contributed by atoms with Crippen LogP contribution in [0, 0.1) is 0 Å². The van der Waals surface area contributed by atoms with Crippen LogP contribution in [0.5, 0.6) is 0 Å². The molecule has 4 nitrogen and oxygen atoms in total. The summed E-state index contributed by atoms with van der Waals surface area (Å²) in [7, 11) is -1.57. The van der Waals surface area contributed by atoms with Crippen molar-refractivity contribution in [3.8, 4) is 0 Å². The van der Waals surface area contributed by atoms with Crippen molar-refractivity contribution >= 4 is 19.0 Å². The van der Waals surface area contributed by atoms with Crippen LogP contribution >= 0.6 is 7.67 Å². The molecule has 1 fully saturated rings. The van der Waals surface area contributed by atoms with E-state index in [1.54, 1.807) is 0 Å². The second-order valence-electron chi connectivity index (χ2n) is 4.94. The van der Waals surface area contributed by atoms with Crippen LogP contribution in [0.15, 0.2) is 60.7 Å². The van der Waals surface area contributed by atoms with Crippen molar-refractivity contribution in [3.05, 3.63) is 60.7 Å². The van der Waals surface area contributed by atoms with Gasteiger partial charge in [0, 0.05) is 31.6 Å². The van der Waals surface area contributed by atoms with Crippen LogP contribution in [-0.2, 0) is 9.09 Å². The Morgan fingerprint density at radius 1 is 0.857 bits per heavy atom. The monoisotopic (exact) mass is 302 g/mol. The topological polar surface area (TPSA) is 32.8 Å². The van der Waals surface area contributed by atoms with E-state index in [9.17, 15) is 4.57 Å². The summed E-state index contributed by atoms with van der Waals surface area (Å²) < 4.78 is 22.8. The Morgan fingerprint density at radius 3 is 1.67 bits per heavy atom. The van der Waals surface area contributed by atoms with Gasteiger partial charge in [0.05, 0.1) is 0 Å². The Bertz CT molecular complexity index is 582. The molecular formula is C16H19N2O2P. The van der Waals surface area contributed by atoms with Crippen molar-refractivity contribution in [1.82, 2.24) is 0 Å². The second kappa shape index (κ2) is 5.92. The van der Waals surface area contributed by atoms with E-state index in [0.717, 1.165) is 30.9 Å². The van der Waals surface area contributed by atoms with Crippen LogP contribution in [-0.4, -0.2) is 20.2 Å². The van der Waals surface area contributed by atoms with Crippen LogP contribution in [0.2, 0.25) is 0 Å². The lowest BCUT2D eigenvalue weighted by molar-refractivity contribution is 0.380. The highest BCUT2D eigenvalue weighted by Gasteiger charge is 2.41. The minimum atomic E-state index is -3.09. The summed E-state index contributed by atoms with van der Waals surface area (Å²) in [5.74, 6) is 0. The maximum atomic E-state index is 13.5. The highest BCUT2D eigenvalue weighted by Crippen LogP contribution is 2.59. The number of anilines is 2. The van der Waals surface area contributed by atoms with Crippen molar-refractivity contribution in [2.24, 2.45) is 0 Å². The molecule has 0 amide bonds. The Kier molecular flexibility index (Phi) is 4.00. The average Bonchev–Trinajstić information content (AvgIpc) is 2.56. The largest absolute Gasteiger partial charge is 0.396 e. The minimum absolute atomic E-state index is 0.735. The van der Waals surface area contributed by atoms with E-state index in [1.165, 1.54) is 7.11 Å². The molecule has 0 aliphatic carbocycles. The SMILES string of the molecule is COP1(=O)N(c2ccccc2)CCCN1c1ccccc1. The first-order chi connectivity index (χ1) is 10.3. The Hall–Kier alpha value is -1.77. The third-order valence-electron chi connectivity index (χ3n) is 3.70. The highest BCUT2D eigenvalue weighted by atomic mass is 31.2. The molecule has 1 aliphatic rings. The molecule has 0 unspecified atom stereocenters. The van der Waals surface area contributed by atoms with E-state index < -0.39 is 7.67 Å². The predicted molar refractivity (Wildman–Crippen MR) is 86.8 cm³/mol. The summed E-state index contributed by atoms with van der Waals surface area (Å²) in [5, 5.41) is 0. The van der Waals surface area contributed by atoms with Gasteiger partial charge in [-0.25, -0.2) is 4.57 Å². The second-order valence-corrected chi connectivity index (χ2v) is 7.26. The molecule has 2 aromatic rings. The summed E-state index contributed by atoms with van der Waals surface area (Å²) in [6, 6.07) is 19.6. The van der Waals surface area contributed by atoms with Crippen molar-refractivity contribution in [2.75, 3.05) is 29.5 Å². The Balaban J connectivity index is 2.02. The number of hydrogen-bond donors (Lipinski definition) is 0. The van der Waals surface area contributed by atoms with Gasteiger partial charge in [-0.15, -0.1) is 0 Å². The number of benzene rings is 2. The van der Waals surface area contributed by atoms with E-state index in [2.05, 4.69) is 0 Å². The van der Waals surface area contributed by atoms with Crippen molar-refractivity contribution in [1.29, 1.82) is 0 Å². The van der Waals surface area contributed by atoms with Gasteiger partial charge in [0.2, 0.25) is 0 Å². The van der Waals surface area contributed by atoms with Gasteiger partial charge in [0.25, 0.3) is 0 Å². The highest BCUT2D eigenvalue weighted by molar-refractivity contribution is 7.62. The first-order valence-corrected chi connectivity index (χ1v) is 8.60. The Labute approximate surface area is 125 Å². The lowest BCUT2D eigenvalue weighted by Gasteiger charge is -2.43. The molecule has 0 spiro atoms. The van der Waals surface area contributed by atoms with Gasteiger partial charge in [0.1, 0.15) is 0 Å². The van der Waals surface area contributed by atoms with E-state index in [4.69, 9.17) is 4.52 Å². The van der Waals surface area contributed by atoms with Crippen LogP contribution in [0.1, 0.15) is 6.42 Å². The molecule has 0 aromatic heterocycles. The molecule has 21 heavy (non-hydrogen) atoms.